The summed E-state index contributed by atoms with van der Waals surface area (Å²) in [6.07, 6.45) is 1.78. The van der Waals surface area contributed by atoms with Gasteiger partial charge in [-0.1, -0.05) is 12.1 Å². The first kappa shape index (κ1) is 20.2. The molecule has 0 unspecified atom stereocenters. The van der Waals surface area contributed by atoms with Gasteiger partial charge in [0.2, 0.25) is 5.91 Å². The number of amides is 1. The lowest BCUT2D eigenvalue weighted by molar-refractivity contribution is -0.122. The number of ether oxygens (including phenoxy) is 2. The van der Waals surface area contributed by atoms with Gasteiger partial charge in [0.05, 0.1) is 31.5 Å². The number of aromatic nitrogens is 1. The first-order chi connectivity index (χ1) is 14.5. The molecule has 1 aromatic heterocycles. The minimum absolute atomic E-state index is 0.225. The maximum Gasteiger partial charge on any atom is 0.234 e. The average molecular weight is 405 g/mol. The lowest BCUT2D eigenvalue weighted by Gasteiger charge is -2.23. The maximum absolute atomic E-state index is 11.9. The first-order valence-corrected chi connectivity index (χ1v) is 10.2. The molecule has 3 aromatic rings. The monoisotopic (exact) mass is 405 g/mol. The van der Waals surface area contributed by atoms with Crippen LogP contribution in [0.15, 0.2) is 42.5 Å². The quantitative estimate of drug-likeness (QED) is 0.677. The molecule has 0 radical (unpaired) electrons. The van der Waals surface area contributed by atoms with Crippen molar-refractivity contribution in [3.8, 4) is 22.8 Å². The third-order valence-corrected chi connectivity index (χ3v) is 5.77. The summed E-state index contributed by atoms with van der Waals surface area (Å²) in [7, 11) is 3.25. The standard InChI is InChI=1S/C24H27N3O3/c1-15-6-7-16-12-18(14-27-10-4-5-20(27)24(25)28)23(26-19(16)11-15)17-8-9-21(29-2)22(13-17)30-3/h6-9,11-13,20H,4-5,10,14H2,1-3H3,(H2,25,28)/t20-/m0/s1. The van der Waals surface area contributed by atoms with E-state index in [4.69, 9.17) is 20.2 Å². The van der Waals surface area contributed by atoms with Gasteiger partial charge in [0, 0.05) is 17.5 Å². The summed E-state index contributed by atoms with van der Waals surface area (Å²) in [5, 5.41) is 1.08. The fourth-order valence-corrected chi connectivity index (χ4v) is 4.23. The molecule has 0 spiro atoms. The van der Waals surface area contributed by atoms with E-state index in [0.29, 0.717) is 18.0 Å². The van der Waals surface area contributed by atoms with Crippen molar-refractivity contribution in [2.75, 3.05) is 20.8 Å². The number of methoxy groups -OCH3 is 2. The van der Waals surface area contributed by atoms with Crippen molar-refractivity contribution in [2.24, 2.45) is 5.73 Å². The molecule has 0 saturated carbocycles. The Morgan fingerprint density at radius 1 is 1.13 bits per heavy atom. The van der Waals surface area contributed by atoms with Gasteiger partial charge in [-0.2, -0.15) is 0 Å². The second kappa shape index (κ2) is 8.32. The maximum atomic E-state index is 11.9. The number of hydrogen-bond donors (Lipinski definition) is 1. The second-order valence-electron chi connectivity index (χ2n) is 7.79. The number of rotatable bonds is 6. The molecular weight excluding hydrogens is 378 g/mol. The molecule has 2 aromatic carbocycles. The van der Waals surface area contributed by atoms with Crippen LogP contribution in [-0.4, -0.2) is 42.6 Å². The van der Waals surface area contributed by atoms with Crippen molar-refractivity contribution in [2.45, 2.75) is 32.4 Å². The van der Waals surface area contributed by atoms with E-state index < -0.39 is 0 Å². The molecule has 2 heterocycles. The molecule has 2 N–H and O–H groups in total. The topological polar surface area (TPSA) is 77.7 Å². The molecule has 156 valence electrons. The van der Waals surface area contributed by atoms with Gasteiger partial charge in [-0.3, -0.25) is 9.69 Å². The van der Waals surface area contributed by atoms with E-state index in [9.17, 15) is 4.79 Å². The molecular formula is C24H27N3O3. The van der Waals surface area contributed by atoms with Gasteiger partial charge >= 0.3 is 0 Å². The normalized spacial score (nSPS) is 16.7. The molecule has 1 amide bonds. The van der Waals surface area contributed by atoms with Crippen LogP contribution in [0.2, 0.25) is 0 Å². The van der Waals surface area contributed by atoms with Crippen LogP contribution in [0.4, 0.5) is 0 Å². The summed E-state index contributed by atoms with van der Waals surface area (Å²) in [4.78, 5) is 19.1. The summed E-state index contributed by atoms with van der Waals surface area (Å²) in [5.41, 5.74) is 10.6. The smallest absolute Gasteiger partial charge is 0.234 e. The van der Waals surface area contributed by atoms with E-state index in [1.165, 1.54) is 0 Å². The van der Waals surface area contributed by atoms with E-state index in [0.717, 1.165) is 52.7 Å². The van der Waals surface area contributed by atoms with E-state index in [2.05, 4.69) is 36.1 Å². The van der Waals surface area contributed by atoms with E-state index in [-0.39, 0.29) is 11.9 Å². The van der Waals surface area contributed by atoms with Gasteiger partial charge < -0.3 is 15.2 Å². The number of carbonyl (C=O) groups is 1. The van der Waals surface area contributed by atoms with Gasteiger partial charge in [0.25, 0.3) is 0 Å². The molecule has 30 heavy (non-hydrogen) atoms. The molecule has 1 fully saturated rings. The lowest BCUT2D eigenvalue weighted by Crippen LogP contribution is -2.39. The third kappa shape index (κ3) is 3.83. The first-order valence-electron chi connectivity index (χ1n) is 10.2. The summed E-state index contributed by atoms with van der Waals surface area (Å²) < 4.78 is 10.9. The zero-order valence-electron chi connectivity index (χ0n) is 17.6. The van der Waals surface area contributed by atoms with Crippen molar-refractivity contribution in [1.29, 1.82) is 0 Å². The molecule has 1 aliphatic rings. The zero-order chi connectivity index (χ0) is 21.3. The van der Waals surface area contributed by atoms with Gasteiger partial charge in [0.1, 0.15) is 0 Å². The highest BCUT2D eigenvalue weighted by atomic mass is 16.5. The van der Waals surface area contributed by atoms with Crippen LogP contribution >= 0.6 is 0 Å². The van der Waals surface area contributed by atoms with Crippen molar-refractivity contribution >= 4 is 16.8 Å². The van der Waals surface area contributed by atoms with Crippen molar-refractivity contribution in [3.05, 3.63) is 53.6 Å². The van der Waals surface area contributed by atoms with Crippen LogP contribution in [-0.2, 0) is 11.3 Å². The minimum Gasteiger partial charge on any atom is -0.493 e. The fourth-order valence-electron chi connectivity index (χ4n) is 4.23. The minimum atomic E-state index is -0.260. The third-order valence-electron chi connectivity index (χ3n) is 5.77. The van der Waals surface area contributed by atoms with E-state index >= 15 is 0 Å². The molecule has 0 aliphatic carbocycles. The van der Waals surface area contributed by atoms with Gasteiger partial charge in [-0.05, 0) is 67.8 Å². The Bertz CT molecular complexity index is 1100. The molecule has 1 saturated heterocycles. The molecule has 6 nitrogen and oxygen atoms in total. The highest BCUT2D eigenvalue weighted by Gasteiger charge is 2.29. The highest BCUT2D eigenvalue weighted by Crippen LogP contribution is 2.35. The predicted molar refractivity (Wildman–Crippen MR) is 118 cm³/mol. The molecule has 4 rings (SSSR count). The number of pyridine rings is 1. The number of primary amides is 1. The Morgan fingerprint density at radius 3 is 2.67 bits per heavy atom. The Balaban J connectivity index is 1.84. The molecule has 1 atom stereocenters. The Labute approximate surface area is 176 Å². The van der Waals surface area contributed by atoms with Crippen LogP contribution in [0.5, 0.6) is 11.5 Å². The number of carbonyl (C=O) groups excluding carboxylic acids is 1. The summed E-state index contributed by atoms with van der Waals surface area (Å²) >= 11 is 0. The van der Waals surface area contributed by atoms with Crippen LogP contribution in [0.1, 0.15) is 24.0 Å². The number of hydrogen-bond acceptors (Lipinski definition) is 5. The van der Waals surface area contributed by atoms with Crippen LogP contribution in [0, 0.1) is 6.92 Å². The fraction of sp³-hybridized carbons (Fsp3) is 0.333. The predicted octanol–water partition coefficient (Wildman–Crippen LogP) is 3.68. The Morgan fingerprint density at radius 2 is 1.93 bits per heavy atom. The molecule has 6 heteroatoms. The SMILES string of the molecule is COc1ccc(-c2nc3cc(C)ccc3cc2CN2CCC[C@H]2C(N)=O)cc1OC. The second-order valence-corrected chi connectivity index (χ2v) is 7.79. The van der Waals surface area contributed by atoms with Gasteiger partial charge in [-0.25, -0.2) is 4.98 Å². The summed E-state index contributed by atoms with van der Waals surface area (Å²) in [6, 6.07) is 14.0. The number of likely N-dealkylation sites (tertiary alicyclic amines) is 1. The number of nitrogens with zero attached hydrogens (tertiary/aromatic N) is 2. The number of nitrogens with two attached hydrogens (primary N) is 1. The van der Waals surface area contributed by atoms with Crippen molar-refractivity contribution in [1.82, 2.24) is 9.88 Å². The number of fused-ring (bicyclic) bond motifs is 1. The molecule has 1 aliphatic heterocycles. The lowest BCUT2D eigenvalue weighted by atomic mass is 10.0. The Kier molecular flexibility index (Phi) is 5.59. The largest absolute Gasteiger partial charge is 0.493 e. The van der Waals surface area contributed by atoms with Crippen LogP contribution < -0.4 is 15.2 Å². The van der Waals surface area contributed by atoms with Gasteiger partial charge in [-0.15, -0.1) is 0 Å². The number of benzene rings is 2. The average Bonchev–Trinajstić information content (AvgIpc) is 3.21. The van der Waals surface area contributed by atoms with E-state index in [1.807, 2.05) is 18.2 Å². The van der Waals surface area contributed by atoms with Gasteiger partial charge in [0.15, 0.2) is 11.5 Å². The van der Waals surface area contributed by atoms with Crippen LogP contribution in [0.3, 0.4) is 0 Å². The van der Waals surface area contributed by atoms with Crippen LogP contribution in [0.25, 0.3) is 22.2 Å². The Hall–Kier alpha value is -3.12. The van der Waals surface area contributed by atoms with Crippen molar-refractivity contribution < 1.29 is 14.3 Å². The summed E-state index contributed by atoms with van der Waals surface area (Å²) in [6.45, 7) is 3.53. The number of aryl methyl sites for hydroxylation is 1. The van der Waals surface area contributed by atoms with E-state index in [1.54, 1.807) is 14.2 Å². The molecule has 0 bridgehead atoms. The van der Waals surface area contributed by atoms with Crippen molar-refractivity contribution in [3.63, 3.8) is 0 Å². The highest BCUT2D eigenvalue weighted by molar-refractivity contribution is 5.84. The summed E-state index contributed by atoms with van der Waals surface area (Å²) in [5.74, 6) is 1.07. The zero-order valence-corrected chi connectivity index (χ0v) is 17.6.